The monoisotopic (exact) mass is 361 g/mol. The summed E-state index contributed by atoms with van der Waals surface area (Å²) >= 11 is 1.53. The van der Waals surface area contributed by atoms with Gasteiger partial charge in [0.15, 0.2) is 0 Å². The van der Waals surface area contributed by atoms with Crippen molar-refractivity contribution in [3.05, 3.63) is 39.8 Å². The van der Waals surface area contributed by atoms with Crippen molar-refractivity contribution in [3.8, 4) is 0 Å². The van der Waals surface area contributed by atoms with Gasteiger partial charge in [0.2, 0.25) is 0 Å². The Balaban J connectivity index is 0.00000220. The summed E-state index contributed by atoms with van der Waals surface area (Å²) in [5.74, 6) is 0.346. The number of carbonyl (C=O) groups is 1. The molecule has 0 atom stereocenters. The third-order valence-corrected chi connectivity index (χ3v) is 3.75. The number of nitrogen functional groups attached to an aromatic ring is 1. The molecular weight excluding hydrogens is 341 g/mol. The number of anilines is 2. The molecule has 122 valence electrons. The molecule has 1 aromatic heterocycles. The van der Waals surface area contributed by atoms with E-state index in [-0.39, 0.29) is 30.7 Å². The zero-order chi connectivity index (χ0) is 14.7. The predicted molar refractivity (Wildman–Crippen MR) is 98.7 cm³/mol. The standard InChI is InChI=1S/C15H19N3OS.2ClH/c1-9(2)6-14-17-13(8-20-14)15(19)18-12-7-11(16)5-4-10(12)3;;/h4-5,7-9H,6,16H2,1-3H3,(H,18,19);2*1H. The molecule has 0 fully saturated rings. The SMILES string of the molecule is Cc1ccc(N)cc1NC(=O)c1csc(CC(C)C)n1.Cl.Cl. The third kappa shape index (κ3) is 5.48. The van der Waals surface area contributed by atoms with Crippen LogP contribution in [-0.2, 0) is 6.42 Å². The average molecular weight is 362 g/mol. The third-order valence-electron chi connectivity index (χ3n) is 2.88. The quantitative estimate of drug-likeness (QED) is 0.796. The minimum absolute atomic E-state index is 0. The molecule has 1 amide bonds. The number of nitrogens with zero attached hydrogens (tertiary/aromatic N) is 1. The van der Waals surface area contributed by atoms with Crippen LogP contribution in [0.3, 0.4) is 0 Å². The van der Waals surface area contributed by atoms with Gasteiger partial charge in [-0.05, 0) is 30.5 Å². The van der Waals surface area contributed by atoms with Gasteiger partial charge in [-0.3, -0.25) is 4.79 Å². The fraction of sp³-hybridized carbons (Fsp3) is 0.333. The number of thiazole rings is 1. The van der Waals surface area contributed by atoms with Crippen LogP contribution < -0.4 is 11.1 Å². The minimum Gasteiger partial charge on any atom is -0.399 e. The summed E-state index contributed by atoms with van der Waals surface area (Å²) < 4.78 is 0. The summed E-state index contributed by atoms with van der Waals surface area (Å²) in [4.78, 5) is 16.5. The molecule has 0 bridgehead atoms. The largest absolute Gasteiger partial charge is 0.399 e. The summed E-state index contributed by atoms with van der Waals surface area (Å²) in [7, 11) is 0. The molecule has 0 saturated heterocycles. The van der Waals surface area contributed by atoms with Gasteiger partial charge in [-0.1, -0.05) is 19.9 Å². The van der Waals surface area contributed by atoms with E-state index in [1.807, 2.05) is 19.1 Å². The topological polar surface area (TPSA) is 68.0 Å². The van der Waals surface area contributed by atoms with E-state index in [1.165, 1.54) is 11.3 Å². The minimum atomic E-state index is -0.190. The Kier molecular flexibility index (Phi) is 8.45. The Morgan fingerprint density at radius 2 is 2.05 bits per heavy atom. The van der Waals surface area contributed by atoms with E-state index in [0.29, 0.717) is 17.3 Å². The number of nitrogens with two attached hydrogens (primary N) is 1. The van der Waals surface area contributed by atoms with Crippen LogP contribution in [0.5, 0.6) is 0 Å². The summed E-state index contributed by atoms with van der Waals surface area (Å²) in [5, 5.41) is 5.65. The lowest BCUT2D eigenvalue weighted by molar-refractivity contribution is 0.102. The van der Waals surface area contributed by atoms with Crippen LogP contribution in [-0.4, -0.2) is 10.9 Å². The first kappa shape index (κ1) is 20.7. The molecule has 0 aliphatic rings. The van der Waals surface area contributed by atoms with Gasteiger partial charge in [0, 0.05) is 23.2 Å². The van der Waals surface area contributed by atoms with E-state index in [4.69, 9.17) is 5.73 Å². The zero-order valence-electron chi connectivity index (χ0n) is 12.8. The van der Waals surface area contributed by atoms with Gasteiger partial charge < -0.3 is 11.1 Å². The number of hydrogen-bond acceptors (Lipinski definition) is 4. The fourth-order valence-corrected chi connectivity index (χ4v) is 2.81. The van der Waals surface area contributed by atoms with Crippen molar-refractivity contribution < 1.29 is 4.79 Å². The van der Waals surface area contributed by atoms with E-state index in [0.717, 1.165) is 22.7 Å². The molecular formula is C15H21Cl2N3OS. The number of nitrogens with one attached hydrogen (secondary N) is 1. The molecule has 0 aliphatic heterocycles. The van der Waals surface area contributed by atoms with E-state index in [2.05, 4.69) is 24.1 Å². The second-order valence-electron chi connectivity index (χ2n) is 5.25. The lowest BCUT2D eigenvalue weighted by atomic mass is 10.1. The van der Waals surface area contributed by atoms with Gasteiger partial charge in [-0.2, -0.15) is 0 Å². The van der Waals surface area contributed by atoms with E-state index in [9.17, 15) is 4.79 Å². The van der Waals surface area contributed by atoms with Gasteiger partial charge in [-0.25, -0.2) is 4.98 Å². The molecule has 0 unspecified atom stereocenters. The summed E-state index contributed by atoms with van der Waals surface area (Å²) in [6, 6.07) is 5.46. The van der Waals surface area contributed by atoms with Crippen molar-refractivity contribution in [2.45, 2.75) is 27.2 Å². The number of aryl methyl sites for hydroxylation is 1. The van der Waals surface area contributed by atoms with Gasteiger partial charge in [0.1, 0.15) is 5.69 Å². The van der Waals surface area contributed by atoms with Crippen molar-refractivity contribution in [1.82, 2.24) is 4.98 Å². The van der Waals surface area contributed by atoms with Crippen molar-refractivity contribution >= 4 is 53.4 Å². The first-order valence-electron chi connectivity index (χ1n) is 6.57. The number of halogens is 2. The molecule has 1 heterocycles. The van der Waals surface area contributed by atoms with Crippen LogP contribution in [0.4, 0.5) is 11.4 Å². The maximum absolute atomic E-state index is 12.2. The molecule has 2 rings (SSSR count). The van der Waals surface area contributed by atoms with Crippen LogP contribution in [0, 0.1) is 12.8 Å². The number of carbonyl (C=O) groups excluding carboxylic acids is 1. The summed E-state index contributed by atoms with van der Waals surface area (Å²) in [5.41, 5.74) is 8.54. The van der Waals surface area contributed by atoms with Crippen molar-refractivity contribution in [2.75, 3.05) is 11.1 Å². The number of rotatable bonds is 4. The average Bonchev–Trinajstić information content (AvgIpc) is 2.81. The first-order valence-corrected chi connectivity index (χ1v) is 7.45. The molecule has 22 heavy (non-hydrogen) atoms. The zero-order valence-corrected chi connectivity index (χ0v) is 15.2. The molecule has 2 aromatic rings. The predicted octanol–water partition coefficient (Wildman–Crippen LogP) is 4.33. The number of hydrogen-bond donors (Lipinski definition) is 2. The molecule has 0 aliphatic carbocycles. The van der Waals surface area contributed by atoms with Gasteiger partial charge in [0.25, 0.3) is 5.91 Å². The number of aromatic nitrogens is 1. The molecule has 7 heteroatoms. The lowest BCUT2D eigenvalue weighted by Gasteiger charge is -2.07. The Labute approximate surface area is 147 Å². The number of amides is 1. The summed E-state index contributed by atoms with van der Waals surface area (Å²) in [6.45, 7) is 6.20. The van der Waals surface area contributed by atoms with E-state index < -0.39 is 0 Å². The highest BCUT2D eigenvalue weighted by molar-refractivity contribution is 7.09. The highest BCUT2D eigenvalue weighted by Gasteiger charge is 2.12. The van der Waals surface area contributed by atoms with Crippen molar-refractivity contribution in [2.24, 2.45) is 5.92 Å². The van der Waals surface area contributed by atoms with Crippen LogP contribution >= 0.6 is 36.2 Å². The molecule has 0 saturated carbocycles. The Morgan fingerprint density at radius 1 is 1.36 bits per heavy atom. The highest BCUT2D eigenvalue weighted by Crippen LogP contribution is 2.20. The maximum atomic E-state index is 12.2. The molecule has 0 spiro atoms. The Bertz CT molecular complexity index is 629. The number of benzene rings is 1. The summed E-state index contributed by atoms with van der Waals surface area (Å²) in [6.07, 6.45) is 0.898. The Hall–Kier alpha value is -1.30. The molecule has 0 radical (unpaired) electrons. The first-order chi connectivity index (χ1) is 9.45. The van der Waals surface area contributed by atoms with Crippen molar-refractivity contribution in [3.63, 3.8) is 0 Å². The lowest BCUT2D eigenvalue weighted by Crippen LogP contribution is -2.13. The van der Waals surface area contributed by atoms with Crippen LogP contribution in [0.15, 0.2) is 23.6 Å². The van der Waals surface area contributed by atoms with E-state index in [1.54, 1.807) is 11.4 Å². The van der Waals surface area contributed by atoms with Crippen LogP contribution in [0.1, 0.15) is 34.9 Å². The second-order valence-corrected chi connectivity index (χ2v) is 6.20. The molecule has 3 N–H and O–H groups in total. The molecule has 1 aromatic carbocycles. The van der Waals surface area contributed by atoms with Gasteiger partial charge >= 0.3 is 0 Å². The van der Waals surface area contributed by atoms with Crippen LogP contribution in [0.25, 0.3) is 0 Å². The van der Waals surface area contributed by atoms with Crippen LogP contribution in [0.2, 0.25) is 0 Å². The van der Waals surface area contributed by atoms with Crippen molar-refractivity contribution in [1.29, 1.82) is 0 Å². The van der Waals surface area contributed by atoms with E-state index >= 15 is 0 Å². The van der Waals surface area contributed by atoms with Gasteiger partial charge in [-0.15, -0.1) is 36.2 Å². The second kappa shape index (κ2) is 8.98. The fourth-order valence-electron chi connectivity index (χ4n) is 1.82. The smallest absolute Gasteiger partial charge is 0.275 e. The normalized spacial score (nSPS) is 9.82. The maximum Gasteiger partial charge on any atom is 0.275 e. The highest BCUT2D eigenvalue weighted by atomic mass is 35.5. The van der Waals surface area contributed by atoms with Gasteiger partial charge in [0.05, 0.1) is 5.01 Å². The molecule has 4 nitrogen and oxygen atoms in total. The Morgan fingerprint density at radius 3 is 2.68 bits per heavy atom.